The summed E-state index contributed by atoms with van der Waals surface area (Å²) in [6.45, 7) is 0.471. The maximum Gasteiger partial charge on any atom is 0.319 e. The molecule has 0 aliphatic carbocycles. The standard InChI is InChI=1S/C23H20F3N5O3/c24-15-4-1-3-14(9-15)12-28-23(32)29-19-11-22(27-13-21(19)31(33)34)30-8-2-5-20(30)17-10-16(25)6-7-18(17)26/h1,3-4,6-7,9-11,13,20H,2,5,8,12H2,(H2,27,28,29,32)/t20-/m1/s1. The maximum absolute atomic E-state index is 14.4. The Balaban J connectivity index is 1.56. The van der Waals surface area contributed by atoms with E-state index in [0.29, 0.717) is 24.9 Å². The number of nitro groups is 1. The Hall–Kier alpha value is -4.15. The summed E-state index contributed by atoms with van der Waals surface area (Å²) in [5, 5.41) is 16.4. The van der Waals surface area contributed by atoms with E-state index in [1.54, 1.807) is 11.0 Å². The average Bonchev–Trinajstić information content (AvgIpc) is 3.29. The SMILES string of the molecule is O=C(NCc1cccc(F)c1)Nc1cc(N2CCC[C@@H]2c2cc(F)ccc2F)ncc1[N+](=O)[O-]. The van der Waals surface area contributed by atoms with Crippen LogP contribution < -0.4 is 15.5 Å². The molecule has 11 heteroatoms. The van der Waals surface area contributed by atoms with Gasteiger partial charge in [0, 0.05) is 24.7 Å². The van der Waals surface area contributed by atoms with Gasteiger partial charge in [-0.25, -0.2) is 22.9 Å². The number of benzene rings is 2. The molecular formula is C23H20F3N5O3. The number of carbonyl (C=O) groups excluding carboxylic acids is 1. The molecule has 8 nitrogen and oxygen atoms in total. The van der Waals surface area contributed by atoms with Crippen LogP contribution in [-0.4, -0.2) is 22.5 Å². The predicted octanol–water partition coefficient (Wildman–Crippen LogP) is 5.07. The third kappa shape index (κ3) is 5.08. The van der Waals surface area contributed by atoms with E-state index in [2.05, 4.69) is 15.6 Å². The molecule has 1 aliphatic rings. The molecule has 1 fully saturated rings. The number of hydrogen-bond donors (Lipinski definition) is 2. The van der Waals surface area contributed by atoms with E-state index in [0.717, 1.165) is 24.4 Å². The minimum Gasteiger partial charge on any atom is -0.349 e. The highest BCUT2D eigenvalue weighted by atomic mass is 19.1. The Kier molecular flexibility index (Phi) is 6.62. The third-order valence-corrected chi connectivity index (χ3v) is 5.52. The van der Waals surface area contributed by atoms with Gasteiger partial charge in [0.25, 0.3) is 0 Å². The van der Waals surface area contributed by atoms with Crippen LogP contribution in [0.25, 0.3) is 0 Å². The van der Waals surface area contributed by atoms with Crippen molar-refractivity contribution in [1.29, 1.82) is 0 Å². The first-order chi connectivity index (χ1) is 16.3. The van der Waals surface area contributed by atoms with Crippen molar-refractivity contribution in [2.45, 2.75) is 25.4 Å². The third-order valence-electron chi connectivity index (χ3n) is 5.52. The lowest BCUT2D eigenvalue weighted by molar-refractivity contribution is -0.384. The number of amides is 2. The molecule has 34 heavy (non-hydrogen) atoms. The molecule has 1 aromatic heterocycles. The maximum atomic E-state index is 14.4. The number of pyridine rings is 1. The van der Waals surface area contributed by atoms with E-state index >= 15 is 0 Å². The average molecular weight is 471 g/mol. The summed E-state index contributed by atoms with van der Waals surface area (Å²) >= 11 is 0. The summed E-state index contributed by atoms with van der Waals surface area (Å²) in [5.41, 5.74) is 0.131. The molecule has 2 heterocycles. The summed E-state index contributed by atoms with van der Waals surface area (Å²) in [4.78, 5) is 29.0. The number of urea groups is 1. The van der Waals surface area contributed by atoms with Crippen molar-refractivity contribution >= 4 is 23.2 Å². The monoisotopic (exact) mass is 471 g/mol. The Morgan fingerprint density at radius 1 is 1.15 bits per heavy atom. The Bertz CT molecular complexity index is 1240. The minimum atomic E-state index is -0.737. The Labute approximate surface area is 192 Å². The second-order valence-electron chi connectivity index (χ2n) is 7.77. The lowest BCUT2D eigenvalue weighted by atomic mass is 10.0. The second kappa shape index (κ2) is 9.77. The number of nitrogens with zero attached hydrogens (tertiary/aromatic N) is 3. The van der Waals surface area contributed by atoms with Gasteiger partial charge in [0.05, 0.1) is 11.0 Å². The smallest absolute Gasteiger partial charge is 0.319 e. The van der Waals surface area contributed by atoms with E-state index in [-0.39, 0.29) is 23.6 Å². The quantitative estimate of drug-likeness (QED) is 0.386. The summed E-state index contributed by atoms with van der Waals surface area (Å²) < 4.78 is 41.5. The lowest BCUT2D eigenvalue weighted by Gasteiger charge is -2.26. The van der Waals surface area contributed by atoms with Crippen LogP contribution in [0.4, 0.5) is 35.2 Å². The highest BCUT2D eigenvalue weighted by Crippen LogP contribution is 2.38. The molecule has 1 saturated heterocycles. The first-order valence-electron chi connectivity index (χ1n) is 10.5. The van der Waals surface area contributed by atoms with Crippen LogP contribution in [0.2, 0.25) is 0 Å². The van der Waals surface area contributed by atoms with Crippen LogP contribution in [0.5, 0.6) is 0 Å². The van der Waals surface area contributed by atoms with Crippen molar-refractivity contribution in [3.63, 3.8) is 0 Å². The van der Waals surface area contributed by atoms with E-state index in [9.17, 15) is 28.1 Å². The van der Waals surface area contributed by atoms with Gasteiger partial charge in [0.1, 0.15) is 35.2 Å². The molecule has 2 aromatic carbocycles. The Morgan fingerprint density at radius 3 is 2.71 bits per heavy atom. The zero-order valence-electron chi connectivity index (χ0n) is 17.8. The van der Waals surface area contributed by atoms with E-state index in [1.165, 1.54) is 24.3 Å². The molecule has 3 aromatic rings. The number of nitrogens with one attached hydrogen (secondary N) is 2. The summed E-state index contributed by atoms with van der Waals surface area (Å²) in [5.74, 6) is -1.31. The molecule has 4 rings (SSSR count). The van der Waals surface area contributed by atoms with Crippen LogP contribution in [0, 0.1) is 27.6 Å². The van der Waals surface area contributed by atoms with E-state index in [4.69, 9.17) is 0 Å². The number of anilines is 2. The fraction of sp³-hybridized carbons (Fsp3) is 0.217. The molecule has 2 amide bonds. The molecule has 1 aliphatic heterocycles. The van der Waals surface area contributed by atoms with Gasteiger partial charge in [-0.15, -0.1) is 0 Å². The van der Waals surface area contributed by atoms with E-state index < -0.39 is 40.1 Å². The Morgan fingerprint density at radius 2 is 1.94 bits per heavy atom. The molecule has 176 valence electrons. The van der Waals surface area contributed by atoms with Crippen molar-refractivity contribution < 1.29 is 22.9 Å². The zero-order chi connectivity index (χ0) is 24.2. The van der Waals surface area contributed by atoms with E-state index in [1.807, 2.05) is 0 Å². The molecule has 2 N–H and O–H groups in total. The molecule has 1 atom stereocenters. The van der Waals surface area contributed by atoms with Gasteiger partial charge in [-0.2, -0.15) is 0 Å². The highest BCUT2D eigenvalue weighted by molar-refractivity contribution is 5.92. The van der Waals surface area contributed by atoms with Crippen molar-refractivity contribution in [1.82, 2.24) is 10.3 Å². The van der Waals surface area contributed by atoms with Gasteiger partial charge in [-0.1, -0.05) is 12.1 Å². The highest BCUT2D eigenvalue weighted by Gasteiger charge is 2.31. The number of carbonyl (C=O) groups is 1. The summed E-state index contributed by atoms with van der Waals surface area (Å²) in [6, 6.07) is 8.94. The first kappa shape index (κ1) is 23.0. The van der Waals surface area contributed by atoms with Crippen LogP contribution in [0.15, 0.2) is 54.7 Å². The van der Waals surface area contributed by atoms with Crippen LogP contribution >= 0.6 is 0 Å². The molecule has 0 bridgehead atoms. The van der Waals surface area contributed by atoms with Gasteiger partial charge >= 0.3 is 11.7 Å². The van der Waals surface area contributed by atoms with Crippen molar-refractivity contribution in [2.24, 2.45) is 0 Å². The lowest BCUT2D eigenvalue weighted by Crippen LogP contribution is -2.29. The van der Waals surface area contributed by atoms with Crippen LogP contribution in [0.3, 0.4) is 0 Å². The molecular weight excluding hydrogens is 451 g/mol. The molecule has 0 unspecified atom stereocenters. The van der Waals surface area contributed by atoms with Gasteiger partial charge in [0.15, 0.2) is 0 Å². The van der Waals surface area contributed by atoms with Crippen LogP contribution in [0.1, 0.15) is 30.0 Å². The summed E-state index contributed by atoms with van der Waals surface area (Å²) in [6.07, 6.45) is 2.22. The van der Waals surface area contributed by atoms with Gasteiger partial charge in [-0.3, -0.25) is 10.1 Å². The van der Waals surface area contributed by atoms with Crippen LogP contribution in [-0.2, 0) is 6.54 Å². The van der Waals surface area contributed by atoms with Gasteiger partial charge < -0.3 is 15.5 Å². The number of hydrogen-bond acceptors (Lipinski definition) is 5. The van der Waals surface area contributed by atoms with Gasteiger partial charge in [-0.05, 0) is 48.7 Å². The number of aromatic nitrogens is 1. The fourth-order valence-corrected chi connectivity index (χ4v) is 3.97. The van der Waals surface area contributed by atoms with Gasteiger partial charge in [0.2, 0.25) is 0 Å². The molecule has 0 radical (unpaired) electrons. The predicted molar refractivity (Wildman–Crippen MR) is 119 cm³/mol. The van der Waals surface area contributed by atoms with Crippen molar-refractivity contribution in [3.05, 3.63) is 93.4 Å². The normalized spacial score (nSPS) is 15.3. The topological polar surface area (TPSA) is 100 Å². The van der Waals surface area contributed by atoms with Crippen molar-refractivity contribution in [2.75, 3.05) is 16.8 Å². The molecule has 0 spiro atoms. The fourth-order valence-electron chi connectivity index (χ4n) is 3.97. The summed E-state index contributed by atoms with van der Waals surface area (Å²) in [7, 11) is 0. The largest absolute Gasteiger partial charge is 0.349 e. The minimum absolute atomic E-state index is 0.00236. The molecule has 0 saturated carbocycles. The first-order valence-corrected chi connectivity index (χ1v) is 10.5. The zero-order valence-corrected chi connectivity index (χ0v) is 17.8. The van der Waals surface area contributed by atoms with Crippen molar-refractivity contribution in [3.8, 4) is 0 Å². The second-order valence-corrected chi connectivity index (χ2v) is 7.77. The number of rotatable bonds is 6. The number of halogens is 3.